The number of ether oxygens (including phenoxy) is 1. The van der Waals surface area contributed by atoms with Crippen LogP contribution in [-0.2, 0) is 17.8 Å². The largest absolute Gasteiger partial charge is 0.442 e. The molecular weight excluding hydrogens is 813 g/mol. The fourth-order valence-electron chi connectivity index (χ4n) is 6.79. The van der Waals surface area contributed by atoms with Crippen LogP contribution in [0.25, 0.3) is 21.8 Å². The molecule has 0 atom stereocenters. The van der Waals surface area contributed by atoms with Crippen molar-refractivity contribution in [1.82, 2.24) is 19.1 Å². The molecule has 4 aromatic carbocycles. The third-order valence-electron chi connectivity index (χ3n) is 9.47. The zero-order valence-corrected chi connectivity index (χ0v) is 34.8. The summed E-state index contributed by atoms with van der Waals surface area (Å²) in [6, 6.07) is 32.3. The summed E-state index contributed by atoms with van der Waals surface area (Å²) in [5.41, 5.74) is 7.06. The fraction of sp³-hybridized carbons (Fsp3) is 0.133. The van der Waals surface area contributed by atoms with E-state index >= 15 is 0 Å². The monoisotopic (exact) mass is 850 g/mol. The van der Waals surface area contributed by atoms with Crippen LogP contribution in [0.4, 0.5) is 27.5 Å². The molecule has 0 saturated heterocycles. The van der Waals surface area contributed by atoms with Crippen LogP contribution in [0.3, 0.4) is 0 Å². The number of pyridine rings is 2. The highest BCUT2D eigenvalue weighted by Crippen LogP contribution is 2.42. The maximum atomic E-state index is 14.2. The first kappa shape index (κ1) is 40.6. The lowest BCUT2D eigenvalue weighted by Gasteiger charge is -2.28. The van der Waals surface area contributed by atoms with E-state index in [1.54, 1.807) is 82.0 Å². The Morgan fingerprint density at radius 3 is 1.69 bits per heavy atom. The molecule has 0 fully saturated rings. The van der Waals surface area contributed by atoms with Crippen molar-refractivity contribution in [2.45, 2.75) is 59.0 Å². The minimum atomic E-state index is -0.829. The predicted molar refractivity (Wildman–Crippen MR) is 237 cm³/mol. The molecule has 0 saturated carbocycles. The minimum Gasteiger partial charge on any atom is -0.442 e. The predicted octanol–water partition coefficient (Wildman–Crippen LogP) is 11.4. The standard InChI is InChI=1S/C45H38N8O6S2/c1-45(2,3)59-44(54)51(33-17-19-35-39(23-33)50(27-31-11-9-21-47-25-31)29-43(35)61-41-15-7-5-13-37(41)53(57)58)48-32-16-18-34-38(22-32)49(26-30-10-8-20-46-24-30)28-42(34)60-40-14-6-4-12-36(40)52(55)56/h4-25,28-29,48H,26-27H2,1-3H3. The Labute approximate surface area is 358 Å². The molecule has 0 aliphatic rings. The number of hydrazine groups is 1. The molecule has 1 amide bonds. The number of nitro groups is 2. The van der Waals surface area contributed by atoms with Crippen molar-refractivity contribution in [3.8, 4) is 0 Å². The summed E-state index contributed by atoms with van der Waals surface area (Å²) >= 11 is 2.62. The van der Waals surface area contributed by atoms with E-state index < -0.39 is 11.7 Å². The third-order valence-corrected chi connectivity index (χ3v) is 11.7. The van der Waals surface area contributed by atoms with Crippen LogP contribution in [0, 0.1) is 20.2 Å². The van der Waals surface area contributed by atoms with E-state index in [0.29, 0.717) is 34.3 Å². The number of anilines is 2. The maximum absolute atomic E-state index is 14.2. The van der Waals surface area contributed by atoms with Gasteiger partial charge in [-0.3, -0.25) is 35.6 Å². The molecule has 1 N–H and O–H groups in total. The Morgan fingerprint density at radius 1 is 0.689 bits per heavy atom. The molecule has 0 aliphatic heterocycles. The number of nitrogens with zero attached hydrogens (tertiary/aromatic N) is 7. The summed E-state index contributed by atoms with van der Waals surface area (Å²) in [6.07, 6.45) is 10.3. The Bertz CT molecular complexity index is 2920. The molecule has 306 valence electrons. The molecule has 8 rings (SSSR count). The van der Waals surface area contributed by atoms with Gasteiger partial charge in [-0.05, 0) is 92.6 Å². The number of fused-ring (bicyclic) bond motifs is 2. The van der Waals surface area contributed by atoms with Gasteiger partial charge < -0.3 is 13.9 Å². The van der Waals surface area contributed by atoms with E-state index in [-0.39, 0.29) is 21.2 Å². The zero-order chi connectivity index (χ0) is 42.7. The van der Waals surface area contributed by atoms with Crippen LogP contribution in [-0.4, -0.2) is 40.6 Å². The molecule has 8 aromatic rings. The van der Waals surface area contributed by atoms with Gasteiger partial charge in [-0.2, -0.15) is 5.01 Å². The Balaban J connectivity index is 1.21. The number of benzene rings is 4. The first-order chi connectivity index (χ1) is 29.4. The van der Waals surface area contributed by atoms with E-state index in [1.165, 1.54) is 40.7 Å². The summed E-state index contributed by atoms with van der Waals surface area (Å²) in [5, 5.41) is 26.9. The van der Waals surface area contributed by atoms with Gasteiger partial charge in [0.25, 0.3) is 11.4 Å². The molecular formula is C45H38N8O6S2. The second kappa shape index (κ2) is 17.2. The lowest BCUT2D eigenvalue weighted by atomic mass is 10.2. The molecule has 0 unspecified atom stereocenters. The van der Waals surface area contributed by atoms with E-state index in [1.807, 2.05) is 77.6 Å². The number of para-hydroxylation sites is 2. The smallest absolute Gasteiger partial charge is 0.433 e. The van der Waals surface area contributed by atoms with Crippen molar-refractivity contribution in [2.75, 3.05) is 10.4 Å². The van der Waals surface area contributed by atoms with Gasteiger partial charge in [0.15, 0.2) is 0 Å². The third kappa shape index (κ3) is 9.20. The molecule has 0 radical (unpaired) electrons. The summed E-state index contributed by atoms with van der Waals surface area (Å²) < 4.78 is 10.0. The number of nitro benzene ring substituents is 2. The zero-order valence-electron chi connectivity index (χ0n) is 33.2. The van der Waals surface area contributed by atoms with Crippen molar-refractivity contribution >= 4 is 74.2 Å². The van der Waals surface area contributed by atoms with E-state index in [4.69, 9.17) is 4.74 Å². The van der Waals surface area contributed by atoms with Crippen molar-refractivity contribution in [3.63, 3.8) is 0 Å². The highest BCUT2D eigenvalue weighted by Gasteiger charge is 2.26. The first-order valence-electron chi connectivity index (χ1n) is 19.1. The number of hydrogen-bond acceptors (Lipinski definition) is 11. The highest BCUT2D eigenvalue weighted by molar-refractivity contribution is 8.00. The van der Waals surface area contributed by atoms with Gasteiger partial charge in [-0.25, -0.2) is 4.79 Å². The fourth-order valence-corrected chi connectivity index (χ4v) is 8.98. The topological polar surface area (TPSA) is 163 Å². The number of aromatic nitrogens is 4. The van der Waals surface area contributed by atoms with E-state index in [2.05, 4.69) is 20.0 Å². The molecule has 0 spiro atoms. The van der Waals surface area contributed by atoms with Crippen LogP contribution < -0.4 is 10.4 Å². The number of carbonyl (C=O) groups is 1. The second-order valence-electron chi connectivity index (χ2n) is 15.0. The number of carbonyl (C=O) groups excluding carboxylic acids is 1. The van der Waals surface area contributed by atoms with Gasteiger partial charge >= 0.3 is 6.09 Å². The average molecular weight is 851 g/mol. The normalized spacial score (nSPS) is 11.5. The van der Waals surface area contributed by atoms with Crippen molar-refractivity contribution in [1.29, 1.82) is 0 Å². The molecule has 4 aromatic heterocycles. The first-order valence-corrected chi connectivity index (χ1v) is 20.7. The van der Waals surface area contributed by atoms with Gasteiger partial charge in [-0.1, -0.05) is 59.9 Å². The lowest BCUT2D eigenvalue weighted by Crippen LogP contribution is -2.40. The second-order valence-corrected chi connectivity index (χ2v) is 17.1. The minimum absolute atomic E-state index is 0.00761. The SMILES string of the molecule is CC(C)(C)OC(=O)N(Nc1ccc2c(Sc3ccccc3[N+](=O)[O-])cn(Cc3cccnc3)c2c1)c1ccc2c(Sc3ccccc3[N+](=O)[O-])cn(Cc3cccnc3)c2c1. The summed E-state index contributed by atoms with van der Waals surface area (Å²) in [5.74, 6) is 0. The van der Waals surface area contributed by atoms with Gasteiger partial charge in [0.2, 0.25) is 0 Å². The number of hydrogen-bond donors (Lipinski definition) is 1. The van der Waals surface area contributed by atoms with E-state index in [9.17, 15) is 25.0 Å². The van der Waals surface area contributed by atoms with Crippen LogP contribution in [0.2, 0.25) is 0 Å². The van der Waals surface area contributed by atoms with E-state index in [0.717, 1.165) is 42.7 Å². The lowest BCUT2D eigenvalue weighted by molar-refractivity contribution is -0.387. The molecule has 4 heterocycles. The summed E-state index contributed by atoms with van der Waals surface area (Å²) in [4.78, 5) is 48.5. The molecule has 61 heavy (non-hydrogen) atoms. The van der Waals surface area contributed by atoms with Crippen molar-refractivity contribution < 1.29 is 19.4 Å². The van der Waals surface area contributed by atoms with Gasteiger partial charge in [-0.15, -0.1) is 0 Å². The van der Waals surface area contributed by atoms with Gasteiger partial charge in [0, 0.05) is 83.0 Å². The number of rotatable bonds is 13. The highest BCUT2D eigenvalue weighted by atomic mass is 32.2. The molecule has 0 aliphatic carbocycles. The Kier molecular flexibility index (Phi) is 11.4. The molecule has 14 nitrogen and oxygen atoms in total. The Morgan fingerprint density at radius 2 is 1.20 bits per heavy atom. The van der Waals surface area contributed by atoms with Crippen molar-refractivity contribution in [3.05, 3.63) is 178 Å². The van der Waals surface area contributed by atoms with Gasteiger partial charge in [0.1, 0.15) is 5.60 Å². The van der Waals surface area contributed by atoms with Crippen LogP contribution in [0.15, 0.2) is 166 Å². The Hall–Kier alpha value is -7.17. The summed E-state index contributed by atoms with van der Waals surface area (Å²) in [7, 11) is 0. The molecule has 0 bridgehead atoms. The van der Waals surface area contributed by atoms with Crippen molar-refractivity contribution in [2.24, 2.45) is 0 Å². The van der Waals surface area contributed by atoms with Gasteiger partial charge in [0.05, 0.1) is 42.0 Å². The summed E-state index contributed by atoms with van der Waals surface area (Å²) in [6.45, 7) is 6.31. The number of amides is 1. The average Bonchev–Trinajstić information content (AvgIpc) is 3.75. The molecule has 16 heteroatoms. The number of nitrogens with one attached hydrogen (secondary N) is 1. The van der Waals surface area contributed by atoms with Crippen LogP contribution in [0.5, 0.6) is 0 Å². The maximum Gasteiger partial charge on any atom is 0.433 e. The quantitative estimate of drug-likeness (QED) is 0.0867. The van der Waals surface area contributed by atoms with Crippen LogP contribution >= 0.6 is 23.5 Å². The van der Waals surface area contributed by atoms with Crippen LogP contribution in [0.1, 0.15) is 31.9 Å².